The molecule has 4 rings (SSSR count). The summed E-state index contributed by atoms with van der Waals surface area (Å²) in [6, 6.07) is 19.5. The molecule has 1 aliphatic heterocycles. The van der Waals surface area contributed by atoms with Crippen molar-refractivity contribution in [1.29, 1.82) is 0 Å². The van der Waals surface area contributed by atoms with Crippen LogP contribution < -0.4 is 4.90 Å². The minimum atomic E-state index is -0.356. The maximum absolute atomic E-state index is 12.9. The van der Waals surface area contributed by atoms with Crippen LogP contribution in [0.15, 0.2) is 77.4 Å². The third kappa shape index (κ3) is 3.32. The van der Waals surface area contributed by atoms with Crippen molar-refractivity contribution >= 4 is 23.4 Å². The van der Waals surface area contributed by atoms with Crippen LogP contribution in [0.3, 0.4) is 0 Å². The fourth-order valence-electron chi connectivity index (χ4n) is 3.27. The topological polar surface area (TPSA) is 70.8 Å². The molecule has 1 aromatic heterocycles. The van der Waals surface area contributed by atoms with Crippen LogP contribution in [0.2, 0.25) is 0 Å². The number of para-hydroxylation sites is 1. The van der Waals surface area contributed by atoms with E-state index in [1.54, 1.807) is 47.6 Å². The molecule has 6 heteroatoms. The largest absolute Gasteiger partial charge is 0.467 e. The number of carbonyl (C=O) groups excluding carboxylic acids is 3. The SMILES string of the molecule is O=C1c2ccccc2C(=O)N1CCC(=O)N(Cc1ccco1)c1ccccc1. The van der Waals surface area contributed by atoms with Crippen molar-refractivity contribution in [2.75, 3.05) is 11.4 Å². The molecule has 0 radical (unpaired) electrons. The van der Waals surface area contributed by atoms with Crippen molar-refractivity contribution in [3.05, 3.63) is 89.9 Å². The standard InChI is InChI=1S/C22H18N2O4/c25-20(12-13-23-21(26)18-10-4-5-11-19(18)22(23)27)24(15-17-9-6-14-28-17)16-7-2-1-3-8-16/h1-11,14H,12-13,15H2. The fraction of sp³-hybridized carbons (Fsp3) is 0.136. The lowest BCUT2D eigenvalue weighted by atomic mass is 10.1. The van der Waals surface area contributed by atoms with Gasteiger partial charge in [0, 0.05) is 18.7 Å². The second-order valence-electron chi connectivity index (χ2n) is 6.45. The minimum Gasteiger partial charge on any atom is -0.467 e. The number of fused-ring (bicyclic) bond motifs is 1. The smallest absolute Gasteiger partial charge is 0.261 e. The highest BCUT2D eigenvalue weighted by Gasteiger charge is 2.35. The van der Waals surface area contributed by atoms with Gasteiger partial charge in [-0.2, -0.15) is 0 Å². The summed E-state index contributed by atoms with van der Waals surface area (Å²) in [6.45, 7) is 0.310. The minimum absolute atomic E-state index is 0.0288. The van der Waals surface area contributed by atoms with Crippen molar-refractivity contribution < 1.29 is 18.8 Å². The Morgan fingerprint density at radius 3 is 2.11 bits per heavy atom. The van der Waals surface area contributed by atoms with Crippen LogP contribution in [0.25, 0.3) is 0 Å². The third-order valence-corrected chi connectivity index (χ3v) is 4.69. The summed E-state index contributed by atoms with van der Waals surface area (Å²) in [5, 5.41) is 0. The molecule has 0 bridgehead atoms. The predicted octanol–water partition coefficient (Wildman–Crippen LogP) is 3.50. The summed E-state index contributed by atoms with van der Waals surface area (Å²) in [5.41, 5.74) is 1.50. The molecule has 0 unspecified atom stereocenters. The molecule has 0 atom stereocenters. The first-order chi connectivity index (χ1) is 13.6. The lowest BCUT2D eigenvalue weighted by Gasteiger charge is -2.23. The van der Waals surface area contributed by atoms with Gasteiger partial charge in [-0.25, -0.2) is 0 Å². The molecule has 2 aromatic carbocycles. The fourth-order valence-corrected chi connectivity index (χ4v) is 3.27. The van der Waals surface area contributed by atoms with Gasteiger partial charge in [-0.15, -0.1) is 0 Å². The van der Waals surface area contributed by atoms with E-state index in [1.807, 2.05) is 30.3 Å². The van der Waals surface area contributed by atoms with E-state index in [1.165, 1.54) is 0 Å². The second kappa shape index (κ2) is 7.52. The van der Waals surface area contributed by atoms with Gasteiger partial charge in [0.15, 0.2) is 0 Å². The molecular weight excluding hydrogens is 356 g/mol. The monoisotopic (exact) mass is 374 g/mol. The van der Waals surface area contributed by atoms with Gasteiger partial charge in [0.2, 0.25) is 5.91 Å². The molecule has 0 aliphatic carbocycles. The summed E-state index contributed by atoms with van der Waals surface area (Å²) < 4.78 is 5.38. The molecule has 28 heavy (non-hydrogen) atoms. The van der Waals surface area contributed by atoms with Gasteiger partial charge in [0.1, 0.15) is 5.76 Å². The van der Waals surface area contributed by atoms with Crippen LogP contribution in [0, 0.1) is 0 Å². The van der Waals surface area contributed by atoms with E-state index in [0.717, 1.165) is 10.6 Å². The molecule has 0 saturated carbocycles. The highest BCUT2D eigenvalue weighted by atomic mass is 16.3. The van der Waals surface area contributed by atoms with Crippen LogP contribution in [-0.2, 0) is 11.3 Å². The Morgan fingerprint density at radius 1 is 0.857 bits per heavy atom. The maximum Gasteiger partial charge on any atom is 0.261 e. The van der Waals surface area contributed by atoms with Crippen LogP contribution >= 0.6 is 0 Å². The third-order valence-electron chi connectivity index (χ3n) is 4.69. The highest BCUT2D eigenvalue weighted by Crippen LogP contribution is 2.23. The van der Waals surface area contributed by atoms with Crippen LogP contribution in [-0.4, -0.2) is 29.2 Å². The maximum atomic E-state index is 12.9. The first-order valence-corrected chi connectivity index (χ1v) is 8.98. The number of imide groups is 1. The van der Waals surface area contributed by atoms with E-state index in [0.29, 0.717) is 16.9 Å². The first-order valence-electron chi connectivity index (χ1n) is 8.98. The zero-order valence-electron chi connectivity index (χ0n) is 15.1. The van der Waals surface area contributed by atoms with E-state index in [-0.39, 0.29) is 37.2 Å². The number of nitrogens with zero attached hydrogens (tertiary/aromatic N) is 2. The normalized spacial score (nSPS) is 12.9. The lowest BCUT2D eigenvalue weighted by Crippen LogP contribution is -2.36. The Morgan fingerprint density at radius 2 is 1.50 bits per heavy atom. The van der Waals surface area contributed by atoms with E-state index in [2.05, 4.69) is 0 Å². The molecule has 6 nitrogen and oxygen atoms in total. The number of carbonyl (C=O) groups is 3. The molecule has 0 saturated heterocycles. The molecule has 0 spiro atoms. The van der Waals surface area contributed by atoms with Crippen LogP contribution in [0.5, 0.6) is 0 Å². The number of hydrogen-bond acceptors (Lipinski definition) is 4. The zero-order chi connectivity index (χ0) is 19.5. The lowest BCUT2D eigenvalue weighted by molar-refractivity contribution is -0.118. The van der Waals surface area contributed by atoms with Gasteiger partial charge >= 0.3 is 0 Å². The number of amides is 3. The van der Waals surface area contributed by atoms with Crippen molar-refractivity contribution in [2.45, 2.75) is 13.0 Å². The van der Waals surface area contributed by atoms with Crippen molar-refractivity contribution in [3.8, 4) is 0 Å². The van der Waals surface area contributed by atoms with Gasteiger partial charge in [-0.05, 0) is 36.4 Å². The molecule has 3 aromatic rings. The number of furan rings is 1. The molecule has 3 amide bonds. The molecular formula is C22H18N2O4. The van der Waals surface area contributed by atoms with Gasteiger partial charge < -0.3 is 9.32 Å². The Hall–Kier alpha value is -3.67. The number of benzene rings is 2. The average molecular weight is 374 g/mol. The van der Waals surface area contributed by atoms with Gasteiger partial charge in [-0.1, -0.05) is 30.3 Å². The number of anilines is 1. The van der Waals surface area contributed by atoms with E-state index >= 15 is 0 Å². The zero-order valence-corrected chi connectivity index (χ0v) is 15.1. The summed E-state index contributed by atoms with van der Waals surface area (Å²) >= 11 is 0. The van der Waals surface area contributed by atoms with E-state index in [9.17, 15) is 14.4 Å². The molecule has 1 aliphatic rings. The molecule has 0 fully saturated rings. The van der Waals surface area contributed by atoms with E-state index in [4.69, 9.17) is 4.42 Å². The summed E-state index contributed by atoms with van der Waals surface area (Å²) in [4.78, 5) is 40.6. The van der Waals surface area contributed by atoms with Crippen LogP contribution in [0.1, 0.15) is 32.9 Å². The van der Waals surface area contributed by atoms with Gasteiger partial charge in [0.25, 0.3) is 11.8 Å². The van der Waals surface area contributed by atoms with E-state index < -0.39 is 0 Å². The average Bonchev–Trinajstić information content (AvgIpc) is 3.33. The Bertz CT molecular complexity index is 977. The molecule has 0 N–H and O–H groups in total. The second-order valence-corrected chi connectivity index (χ2v) is 6.45. The van der Waals surface area contributed by atoms with Crippen LogP contribution in [0.4, 0.5) is 5.69 Å². The summed E-state index contributed by atoms with van der Waals surface area (Å²) in [5.74, 6) is -0.256. The predicted molar refractivity (Wildman–Crippen MR) is 103 cm³/mol. The first kappa shape index (κ1) is 17.7. The number of rotatable bonds is 6. The molecule has 140 valence electrons. The summed E-state index contributed by atoms with van der Waals surface area (Å²) in [6.07, 6.45) is 1.59. The Balaban J connectivity index is 1.49. The highest BCUT2D eigenvalue weighted by molar-refractivity contribution is 6.21. The quantitative estimate of drug-likeness (QED) is 0.619. The van der Waals surface area contributed by atoms with Gasteiger partial charge in [0.05, 0.1) is 23.9 Å². The Kier molecular flexibility index (Phi) is 4.76. The van der Waals surface area contributed by atoms with Gasteiger partial charge in [-0.3, -0.25) is 19.3 Å². The molecule has 2 heterocycles. The number of hydrogen-bond donors (Lipinski definition) is 0. The van der Waals surface area contributed by atoms with Crippen molar-refractivity contribution in [2.24, 2.45) is 0 Å². The summed E-state index contributed by atoms with van der Waals surface area (Å²) in [7, 11) is 0. The van der Waals surface area contributed by atoms with Crippen molar-refractivity contribution in [3.63, 3.8) is 0 Å². The Labute approximate surface area is 162 Å². The van der Waals surface area contributed by atoms with Crippen molar-refractivity contribution in [1.82, 2.24) is 4.90 Å².